The van der Waals surface area contributed by atoms with E-state index in [4.69, 9.17) is 16.7 Å². The van der Waals surface area contributed by atoms with Gasteiger partial charge in [-0.2, -0.15) is 0 Å². The lowest BCUT2D eigenvalue weighted by atomic mass is 9.88. The highest BCUT2D eigenvalue weighted by atomic mass is 35.5. The van der Waals surface area contributed by atoms with E-state index in [1.54, 1.807) is 17.8 Å². The van der Waals surface area contributed by atoms with Crippen molar-refractivity contribution >= 4 is 35.1 Å². The number of carboxylic acids is 1. The zero-order chi connectivity index (χ0) is 21.9. The predicted molar refractivity (Wildman–Crippen MR) is 119 cm³/mol. The topological polar surface area (TPSA) is 54.4 Å². The number of Topliss-reactive ketones (excluding diaryl/α,β-unsaturated/α-hetero) is 1. The molecule has 1 unspecified atom stereocenters. The molecule has 0 bridgehead atoms. The summed E-state index contributed by atoms with van der Waals surface area (Å²) in [6.07, 6.45) is 3.50. The van der Waals surface area contributed by atoms with Gasteiger partial charge in [0.15, 0.2) is 5.78 Å². The van der Waals surface area contributed by atoms with Crippen molar-refractivity contribution in [1.82, 2.24) is 0 Å². The third-order valence-electron chi connectivity index (χ3n) is 5.82. The van der Waals surface area contributed by atoms with Gasteiger partial charge in [0.2, 0.25) is 0 Å². The number of benzene rings is 2. The van der Waals surface area contributed by atoms with Gasteiger partial charge in [-0.3, -0.25) is 9.59 Å². The molecule has 0 heterocycles. The van der Waals surface area contributed by atoms with Gasteiger partial charge in [0.1, 0.15) is 5.82 Å². The van der Waals surface area contributed by atoms with Gasteiger partial charge in [0, 0.05) is 22.1 Å². The van der Waals surface area contributed by atoms with Crippen molar-refractivity contribution in [2.75, 3.05) is 5.75 Å². The summed E-state index contributed by atoms with van der Waals surface area (Å²) < 4.78 is 13.5. The SMILES string of the molecule is CCc1ccc(C(=O)C(CC)c2ccc(F)c(Cl)c2)cc1SCC1(CC(=O)O)CC1. The zero-order valence-electron chi connectivity index (χ0n) is 17.2. The summed E-state index contributed by atoms with van der Waals surface area (Å²) in [7, 11) is 0. The molecule has 3 rings (SSSR count). The Hall–Kier alpha value is -1.85. The molecule has 0 saturated heterocycles. The van der Waals surface area contributed by atoms with Crippen molar-refractivity contribution in [2.45, 2.75) is 56.8 Å². The molecule has 160 valence electrons. The van der Waals surface area contributed by atoms with E-state index in [0.29, 0.717) is 17.5 Å². The van der Waals surface area contributed by atoms with Crippen molar-refractivity contribution in [2.24, 2.45) is 5.41 Å². The Morgan fingerprint density at radius 2 is 1.93 bits per heavy atom. The maximum Gasteiger partial charge on any atom is 0.303 e. The van der Waals surface area contributed by atoms with Gasteiger partial charge in [0.25, 0.3) is 0 Å². The fraction of sp³-hybridized carbons (Fsp3) is 0.417. The molecule has 0 radical (unpaired) electrons. The van der Waals surface area contributed by atoms with Crippen LogP contribution >= 0.6 is 23.4 Å². The van der Waals surface area contributed by atoms with Crippen LogP contribution in [0.2, 0.25) is 5.02 Å². The smallest absolute Gasteiger partial charge is 0.303 e. The highest BCUT2D eigenvalue weighted by molar-refractivity contribution is 7.99. The molecule has 2 aromatic carbocycles. The number of halogens is 2. The Morgan fingerprint density at radius 3 is 2.50 bits per heavy atom. The number of thioether (sulfide) groups is 1. The standard InChI is InChI=1S/C24H26ClFO3S/c1-3-15-5-6-17(12-21(15)30-14-24(9-10-24)13-22(27)28)23(29)18(4-2)16-7-8-20(26)19(25)11-16/h5-8,11-12,18H,3-4,9-10,13-14H2,1-2H3,(H,27,28). The van der Waals surface area contributed by atoms with Crippen molar-refractivity contribution in [3.63, 3.8) is 0 Å². The number of ketones is 1. The van der Waals surface area contributed by atoms with Crippen LogP contribution < -0.4 is 0 Å². The normalized spacial score (nSPS) is 15.6. The van der Waals surface area contributed by atoms with E-state index in [9.17, 15) is 14.0 Å². The molecule has 0 amide bonds. The first kappa shape index (κ1) is 22.8. The Labute approximate surface area is 186 Å². The van der Waals surface area contributed by atoms with E-state index >= 15 is 0 Å². The molecule has 1 N–H and O–H groups in total. The molecule has 1 saturated carbocycles. The number of carbonyl (C=O) groups excluding carboxylic acids is 1. The van der Waals surface area contributed by atoms with Crippen LogP contribution in [-0.4, -0.2) is 22.6 Å². The molecule has 0 spiro atoms. The van der Waals surface area contributed by atoms with Gasteiger partial charge in [0.05, 0.1) is 11.4 Å². The monoisotopic (exact) mass is 448 g/mol. The van der Waals surface area contributed by atoms with E-state index < -0.39 is 17.7 Å². The van der Waals surface area contributed by atoms with E-state index in [0.717, 1.165) is 35.5 Å². The number of carbonyl (C=O) groups is 2. The van der Waals surface area contributed by atoms with E-state index in [-0.39, 0.29) is 22.6 Å². The molecule has 30 heavy (non-hydrogen) atoms. The van der Waals surface area contributed by atoms with Gasteiger partial charge in [-0.25, -0.2) is 4.39 Å². The first-order valence-electron chi connectivity index (χ1n) is 10.2. The second-order valence-corrected chi connectivity index (χ2v) is 9.46. The maximum atomic E-state index is 13.5. The summed E-state index contributed by atoms with van der Waals surface area (Å²) in [4.78, 5) is 25.4. The first-order valence-corrected chi connectivity index (χ1v) is 11.6. The molecule has 2 aromatic rings. The number of carboxylic acid groups (broad SMARTS) is 1. The van der Waals surface area contributed by atoms with Crippen LogP contribution in [0.1, 0.15) is 66.9 Å². The van der Waals surface area contributed by atoms with E-state index in [2.05, 4.69) is 6.92 Å². The molecule has 1 fully saturated rings. The highest BCUT2D eigenvalue weighted by Gasteiger charge is 2.44. The van der Waals surface area contributed by atoms with Crippen LogP contribution in [0.15, 0.2) is 41.3 Å². The zero-order valence-corrected chi connectivity index (χ0v) is 18.8. The lowest BCUT2D eigenvalue weighted by molar-refractivity contribution is -0.138. The van der Waals surface area contributed by atoms with Crippen molar-refractivity contribution in [1.29, 1.82) is 0 Å². The molecule has 0 aromatic heterocycles. The fourth-order valence-corrected chi connectivity index (χ4v) is 5.39. The average Bonchev–Trinajstić information content (AvgIpc) is 3.48. The Bertz CT molecular complexity index is 955. The summed E-state index contributed by atoms with van der Waals surface area (Å²) in [5.41, 5.74) is 2.37. The van der Waals surface area contributed by atoms with Crippen molar-refractivity contribution in [3.8, 4) is 0 Å². The molecule has 6 heteroatoms. The first-order chi connectivity index (χ1) is 14.3. The minimum Gasteiger partial charge on any atom is -0.481 e. The number of aryl methyl sites for hydroxylation is 1. The third kappa shape index (κ3) is 5.25. The largest absolute Gasteiger partial charge is 0.481 e. The molecule has 1 aliphatic carbocycles. The summed E-state index contributed by atoms with van der Waals surface area (Å²) in [6, 6.07) is 10.2. The minimum atomic E-state index is -0.753. The van der Waals surface area contributed by atoms with Crippen LogP contribution in [0.5, 0.6) is 0 Å². The fourth-order valence-electron chi connectivity index (χ4n) is 3.74. The number of rotatable bonds is 10. The highest BCUT2D eigenvalue weighted by Crippen LogP contribution is 2.52. The lowest BCUT2D eigenvalue weighted by Crippen LogP contribution is -2.13. The Balaban J connectivity index is 1.82. The van der Waals surface area contributed by atoms with Crippen LogP contribution in [0.25, 0.3) is 0 Å². The van der Waals surface area contributed by atoms with Gasteiger partial charge < -0.3 is 5.11 Å². The molecule has 3 nitrogen and oxygen atoms in total. The number of aliphatic carboxylic acids is 1. The second kappa shape index (κ2) is 9.52. The van der Waals surface area contributed by atoms with Gasteiger partial charge in [-0.05, 0) is 60.4 Å². The van der Waals surface area contributed by atoms with E-state index in [1.807, 2.05) is 25.1 Å². The van der Waals surface area contributed by atoms with Gasteiger partial charge in [-0.15, -0.1) is 11.8 Å². The summed E-state index contributed by atoms with van der Waals surface area (Å²) >= 11 is 7.57. The van der Waals surface area contributed by atoms with Crippen LogP contribution in [0, 0.1) is 11.2 Å². The molecular formula is C24H26ClFO3S. The van der Waals surface area contributed by atoms with Crippen LogP contribution in [0.3, 0.4) is 0 Å². The predicted octanol–water partition coefficient (Wildman–Crippen LogP) is 6.77. The Morgan fingerprint density at radius 1 is 1.20 bits per heavy atom. The minimum absolute atomic E-state index is 0.0173. The van der Waals surface area contributed by atoms with Gasteiger partial charge in [-0.1, -0.05) is 43.6 Å². The third-order valence-corrected chi connectivity index (χ3v) is 7.56. The summed E-state index contributed by atoms with van der Waals surface area (Å²) in [5, 5.41) is 9.17. The second-order valence-electron chi connectivity index (χ2n) is 8.03. The van der Waals surface area contributed by atoms with Gasteiger partial charge >= 0.3 is 5.97 Å². The van der Waals surface area contributed by atoms with Crippen molar-refractivity contribution in [3.05, 3.63) is 63.9 Å². The Kier molecular flexibility index (Phi) is 7.25. The maximum absolute atomic E-state index is 13.5. The quantitative estimate of drug-likeness (QED) is 0.322. The summed E-state index contributed by atoms with van der Waals surface area (Å²) in [6.45, 7) is 4.00. The van der Waals surface area contributed by atoms with E-state index in [1.165, 1.54) is 12.1 Å². The van der Waals surface area contributed by atoms with Crippen LogP contribution in [0.4, 0.5) is 4.39 Å². The molecular weight excluding hydrogens is 423 g/mol. The van der Waals surface area contributed by atoms with Crippen LogP contribution in [-0.2, 0) is 11.2 Å². The molecule has 1 atom stereocenters. The number of hydrogen-bond donors (Lipinski definition) is 1. The van der Waals surface area contributed by atoms with Crippen molar-refractivity contribution < 1.29 is 19.1 Å². The molecule has 0 aliphatic heterocycles. The number of hydrogen-bond acceptors (Lipinski definition) is 3. The average molecular weight is 449 g/mol. The molecule has 1 aliphatic rings. The lowest BCUT2D eigenvalue weighted by Gasteiger charge is -2.18. The summed E-state index contributed by atoms with van der Waals surface area (Å²) in [5.74, 6) is -0.915.